The molecule has 15 nitrogen and oxygen atoms in total. The van der Waals surface area contributed by atoms with Crippen LogP contribution in [0.1, 0.15) is 114 Å². The number of pyridine rings is 1. The van der Waals surface area contributed by atoms with Crippen LogP contribution in [0.2, 0.25) is 0 Å². The van der Waals surface area contributed by atoms with Gasteiger partial charge in [-0.1, -0.05) is 24.3 Å². The lowest BCUT2D eigenvalue weighted by molar-refractivity contribution is -0.148. The molecule has 0 saturated carbocycles. The van der Waals surface area contributed by atoms with E-state index in [1.807, 2.05) is 67.3 Å². The summed E-state index contributed by atoms with van der Waals surface area (Å²) in [6.07, 6.45) is 8.36. The largest absolute Gasteiger partial charge is 0.494 e. The molecule has 2 heterocycles. The molecule has 1 atom stereocenters. The van der Waals surface area contributed by atoms with E-state index >= 15 is 0 Å². The number of rotatable bonds is 33. The third-order valence-corrected chi connectivity index (χ3v) is 11.4. The first-order valence-electron chi connectivity index (χ1n) is 23.4. The number of carboxylic acid groups (broad SMARTS) is 1. The number of aryl methyl sites for hydroxylation is 2. The highest BCUT2D eigenvalue weighted by Gasteiger charge is 2.38. The van der Waals surface area contributed by atoms with Crippen molar-refractivity contribution in [3.05, 3.63) is 89.2 Å². The average molecular weight is 915 g/mol. The van der Waals surface area contributed by atoms with Crippen molar-refractivity contribution >= 4 is 40.9 Å². The molecule has 66 heavy (non-hydrogen) atoms. The van der Waals surface area contributed by atoms with Crippen LogP contribution in [0.3, 0.4) is 0 Å². The first-order valence-corrected chi connectivity index (χ1v) is 23.4. The summed E-state index contributed by atoms with van der Waals surface area (Å²) in [7, 11) is 0. The SMILES string of the molecule is CC(=O)CC(=O)CCc1ccc(NC(=O)CCCC(=O)NCCCOCCOCCOCCCC(C)(C)N2Cc3cc(OCCCCc4ccccn4)ccc3CC(CC(=O)O)C2=O)cc1. The number of fused-ring (bicyclic) bond motifs is 1. The second-order valence-corrected chi connectivity index (χ2v) is 17.5. The van der Waals surface area contributed by atoms with Gasteiger partial charge in [-0.15, -0.1) is 0 Å². The molecule has 0 radical (unpaired) electrons. The number of unbranched alkanes of at least 4 members (excludes halogenated alkanes) is 1. The van der Waals surface area contributed by atoms with Gasteiger partial charge in [0.05, 0.1) is 51.8 Å². The van der Waals surface area contributed by atoms with Gasteiger partial charge in [0, 0.05) is 68.7 Å². The number of ketones is 2. The number of carboxylic acids is 1. The lowest BCUT2D eigenvalue weighted by Crippen LogP contribution is -2.49. The van der Waals surface area contributed by atoms with Crippen LogP contribution in [0.4, 0.5) is 5.69 Å². The fourth-order valence-corrected chi connectivity index (χ4v) is 7.70. The van der Waals surface area contributed by atoms with Crippen molar-refractivity contribution in [2.75, 3.05) is 58.1 Å². The second kappa shape index (κ2) is 29.2. The van der Waals surface area contributed by atoms with E-state index < -0.39 is 17.4 Å². The first-order chi connectivity index (χ1) is 31.8. The van der Waals surface area contributed by atoms with Crippen LogP contribution < -0.4 is 15.4 Å². The summed E-state index contributed by atoms with van der Waals surface area (Å²) in [6, 6.07) is 19.0. The maximum atomic E-state index is 13.9. The Morgan fingerprint density at radius 1 is 0.773 bits per heavy atom. The molecule has 3 aromatic rings. The molecule has 360 valence electrons. The van der Waals surface area contributed by atoms with Crippen molar-refractivity contribution in [1.82, 2.24) is 15.2 Å². The van der Waals surface area contributed by atoms with Gasteiger partial charge in [0.25, 0.3) is 0 Å². The Hall–Kier alpha value is -5.51. The van der Waals surface area contributed by atoms with E-state index in [2.05, 4.69) is 15.6 Å². The minimum absolute atomic E-state index is 0.0412. The normalized spacial score (nSPS) is 13.7. The smallest absolute Gasteiger partial charge is 0.304 e. The van der Waals surface area contributed by atoms with Crippen molar-refractivity contribution in [3.63, 3.8) is 0 Å². The number of ether oxygens (including phenoxy) is 4. The third kappa shape index (κ3) is 20.8. The lowest BCUT2D eigenvalue weighted by Gasteiger charge is -2.39. The Kier molecular flexibility index (Phi) is 23.5. The summed E-state index contributed by atoms with van der Waals surface area (Å²) in [5, 5.41) is 15.3. The van der Waals surface area contributed by atoms with E-state index in [1.165, 1.54) is 6.92 Å². The van der Waals surface area contributed by atoms with Gasteiger partial charge in [0.15, 0.2) is 0 Å². The molecule has 0 bridgehead atoms. The van der Waals surface area contributed by atoms with E-state index in [0.29, 0.717) is 110 Å². The van der Waals surface area contributed by atoms with E-state index in [1.54, 1.807) is 18.3 Å². The summed E-state index contributed by atoms with van der Waals surface area (Å²) in [5.74, 6) is -1.58. The molecule has 1 aliphatic heterocycles. The van der Waals surface area contributed by atoms with Gasteiger partial charge in [-0.05, 0) is 132 Å². The molecule has 1 aliphatic rings. The van der Waals surface area contributed by atoms with E-state index in [9.17, 15) is 33.9 Å². The van der Waals surface area contributed by atoms with Crippen LogP contribution in [0.15, 0.2) is 66.9 Å². The second-order valence-electron chi connectivity index (χ2n) is 17.5. The molecule has 3 amide bonds. The standard InChI is InChI=1S/C51H70N4O11/c1-38(56)33-45(57)21-17-39-15-19-44(20-16-39)54-48(59)14-8-13-47(58)53-25-10-27-64-30-32-65-31-29-63-26-9-23-51(2,3)55-37-42-35-46(66-28-7-5-12-43-11-4-6-24-52-43)22-18-40(42)34-41(50(55)62)36-49(60)61/h4,6,11,15-16,18-20,22,24,35,41H,5,7-10,12-14,17,21,23,25-34,36-37H2,1-3H3,(H,53,58)(H,54,59)(H,60,61). The quantitative estimate of drug-likeness (QED) is 0.0424. The number of hydrogen-bond donors (Lipinski definition) is 3. The van der Waals surface area contributed by atoms with Crippen LogP contribution in [-0.4, -0.2) is 109 Å². The Bertz CT molecular complexity index is 1990. The number of hydrogen-bond acceptors (Lipinski definition) is 11. The van der Waals surface area contributed by atoms with Crippen LogP contribution >= 0.6 is 0 Å². The minimum Gasteiger partial charge on any atom is -0.494 e. The van der Waals surface area contributed by atoms with Crippen molar-refractivity contribution in [2.24, 2.45) is 5.92 Å². The van der Waals surface area contributed by atoms with Gasteiger partial charge in [0.2, 0.25) is 17.7 Å². The molecule has 0 saturated heterocycles. The highest BCUT2D eigenvalue weighted by molar-refractivity contribution is 5.98. The number of aliphatic carboxylic acids is 1. The Labute approximate surface area is 389 Å². The molecular weight excluding hydrogens is 845 g/mol. The summed E-state index contributed by atoms with van der Waals surface area (Å²) in [5.41, 5.74) is 4.05. The van der Waals surface area contributed by atoms with Crippen LogP contribution in [0.25, 0.3) is 0 Å². The molecule has 0 aliphatic carbocycles. The summed E-state index contributed by atoms with van der Waals surface area (Å²) in [6.45, 7) is 9.46. The van der Waals surface area contributed by atoms with Crippen molar-refractivity contribution in [1.29, 1.82) is 0 Å². The summed E-state index contributed by atoms with van der Waals surface area (Å²) < 4.78 is 23.2. The lowest BCUT2D eigenvalue weighted by atomic mass is 9.92. The number of amides is 3. The summed E-state index contributed by atoms with van der Waals surface area (Å²) in [4.78, 5) is 79.2. The van der Waals surface area contributed by atoms with Gasteiger partial charge in [-0.25, -0.2) is 0 Å². The highest BCUT2D eigenvalue weighted by atomic mass is 16.5. The number of nitrogens with one attached hydrogen (secondary N) is 2. The first kappa shape index (κ1) is 53.1. The number of carbonyl (C=O) groups is 6. The molecule has 4 rings (SSSR count). The number of aromatic nitrogens is 1. The number of Topliss-reactive ketones (excluding diaryl/α,β-unsaturated/α-hetero) is 2. The zero-order chi connectivity index (χ0) is 47.6. The van der Waals surface area contributed by atoms with Gasteiger partial charge < -0.3 is 39.6 Å². The predicted octanol–water partition coefficient (Wildman–Crippen LogP) is 6.86. The zero-order valence-electron chi connectivity index (χ0n) is 39.1. The molecule has 0 fully saturated rings. The number of benzene rings is 2. The van der Waals surface area contributed by atoms with E-state index in [0.717, 1.165) is 47.4 Å². The summed E-state index contributed by atoms with van der Waals surface area (Å²) >= 11 is 0. The van der Waals surface area contributed by atoms with Gasteiger partial charge in [-0.3, -0.25) is 33.8 Å². The van der Waals surface area contributed by atoms with Crippen molar-refractivity contribution in [2.45, 2.75) is 123 Å². The van der Waals surface area contributed by atoms with E-state index in [4.69, 9.17) is 18.9 Å². The number of carbonyl (C=O) groups excluding carboxylic acids is 5. The molecule has 15 heteroatoms. The Morgan fingerprint density at radius 2 is 1.48 bits per heavy atom. The molecular formula is C51H70N4O11. The van der Waals surface area contributed by atoms with E-state index in [-0.39, 0.29) is 55.0 Å². The fraction of sp³-hybridized carbons (Fsp3) is 0.549. The zero-order valence-corrected chi connectivity index (χ0v) is 39.1. The monoisotopic (exact) mass is 915 g/mol. The van der Waals surface area contributed by atoms with Gasteiger partial charge >= 0.3 is 5.97 Å². The molecule has 0 spiro atoms. The van der Waals surface area contributed by atoms with Crippen molar-refractivity contribution in [3.8, 4) is 5.75 Å². The van der Waals surface area contributed by atoms with Crippen molar-refractivity contribution < 1.29 is 52.8 Å². The maximum absolute atomic E-state index is 13.9. The minimum atomic E-state index is -0.990. The Balaban J connectivity index is 1.01. The average Bonchev–Trinajstić information content (AvgIpc) is 3.41. The maximum Gasteiger partial charge on any atom is 0.304 e. The van der Waals surface area contributed by atoms with Crippen LogP contribution in [0.5, 0.6) is 5.75 Å². The molecule has 3 N–H and O–H groups in total. The Morgan fingerprint density at radius 3 is 2.18 bits per heavy atom. The predicted molar refractivity (Wildman–Crippen MR) is 250 cm³/mol. The third-order valence-electron chi connectivity index (χ3n) is 11.4. The fourth-order valence-electron chi connectivity index (χ4n) is 7.70. The molecule has 1 unspecified atom stereocenters. The molecule has 1 aromatic heterocycles. The van der Waals surface area contributed by atoms with Gasteiger partial charge in [0.1, 0.15) is 17.3 Å². The van der Waals surface area contributed by atoms with Crippen LogP contribution in [0, 0.1) is 5.92 Å². The topological polar surface area (TPSA) is 200 Å². The molecule has 2 aromatic carbocycles. The number of anilines is 1. The van der Waals surface area contributed by atoms with Gasteiger partial charge in [-0.2, -0.15) is 0 Å². The van der Waals surface area contributed by atoms with Crippen LogP contribution in [-0.2, 0) is 68.8 Å². The number of nitrogens with zero attached hydrogens (tertiary/aromatic N) is 2. The highest BCUT2D eigenvalue weighted by Crippen LogP contribution is 2.34.